The predicted octanol–water partition coefficient (Wildman–Crippen LogP) is 7.12. The second-order valence-electron chi connectivity index (χ2n) is 4.33. The van der Waals surface area contributed by atoms with Crippen LogP contribution in [-0.4, -0.2) is 0 Å². The van der Waals surface area contributed by atoms with Gasteiger partial charge in [0.2, 0.25) is 0 Å². The zero-order valence-electron chi connectivity index (χ0n) is 10.3. The van der Waals surface area contributed by atoms with Crippen molar-refractivity contribution in [3.05, 3.63) is 30.6 Å². The topological polar surface area (TPSA) is 0 Å². The van der Waals surface area contributed by atoms with E-state index in [1.807, 2.05) is 11.3 Å². The standard InChI is InChI=1S/C14H16Br2S2/c1-2-3-4-5-6-10-9-12(18-13(10)15)11-7-8-17-14(11)16/h7-9H,2-6H2,1H3. The second kappa shape index (κ2) is 7.22. The smallest absolute Gasteiger partial charge is 0.0784 e. The zero-order chi connectivity index (χ0) is 13.0. The lowest BCUT2D eigenvalue weighted by atomic mass is 10.1. The molecule has 2 rings (SSSR count). The molecule has 18 heavy (non-hydrogen) atoms. The van der Waals surface area contributed by atoms with Crippen molar-refractivity contribution in [1.29, 1.82) is 0 Å². The minimum absolute atomic E-state index is 1.19. The molecule has 2 heterocycles. The Morgan fingerprint density at radius 3 is 2.61 bits per heavy atom. The van der Waals surface area contributed by atoms with Crippen LogP contribution < -0.4 is 0 Å². The fraction of sp³-hybridized carbons (Fsp3) is 0.429. The molecule has 2 aromatic rings. The highest BCUT2D eigenvalue weighted by Gasteiger charge is 2.11. The van der Waals surface area contributed by atoms with Gasteiger partial charge in [0.25, 0.3) is 0 Å². The van der Waals surface area contributed by atoms with Crippen LogP contribution in [0.15, 0.2) is 25.1 Å². The summed E-state index contributed by atoms with van der Waals surface area (Å²) in [6.45, 7) is 2.26. The van der Waals surface area contributed by atoms with Crippen LogP contribution in [0.1, 0.15) is 38.2 Å². The van der Waals surface area contributed by atoms with E-state index in [-0.39, 0.29) is 0 Å². The molecule has 0 unspecified atom stereocenters. The molecular formula is C14H16Br2S2. The van der Waals surface area contributed by atoms with Gasteiger partial charge < -0.3 is 0 Å². The zero-order valence-corrected chi connectivity index (χ0v) is 15.1. The molecular weight excluding hydrogens is 392 g/mol. The van der Waals surface area contributed by atoms with Crippen LogP contribution >= 0.6 is 54.5 Å². The highest BCUT2D eigenvalue weighted by atomic mass is 79.9. The van der Waals surface area contributed by atoms with Gasteiger partial charge in [0.1, 0.15) is 0 Å². The van der Waals surface area contributed by atoms with E-state index in [1.165, 1.54) is 55.7 Å². The van der Waals surface area contributed by atoms with E-state index in [4.69, 9.17) is 0 Å². The largest absolute Gasteiger partial charge is 0.136 e. The summed E-state index contributed by atoms with van der Waals surface area (Å²) in [7, 11) is 0. The first-order valence-corrected chi connectivity index (χ1v) is 9.52. The molecule has 0 aliphatic carbocycles. The quantitative estimate of drug-likeness (QED) is 0.447. The molecule has 0 saturated heterocycles. The van der Waals surface area contributed by atoms with E-state index in [1.54, 1.807) is 11.3 Å². The molecule has 0 fully saturated rings. The molecule has 0 N–H and O–H groups in total. The molecule has 0 aromatic carbocycles. The van der Waals surface area contributed by atoms with Crippen LogP contribution in [0.25, 0.3) is 10.4 Å². The molecule has 0 spiro atoms. The highest BCUT2D eigenvalue weighted by molar-refractivity contribution is 9.11. The Morgan fingerprint density at radius 1 is 1.11 bits per heavy atom. The van der Waals surface area contributed by atoms with Gasteiger partial charge in [0, 0.05) is 10.4 Å². The molecule has 0 amide bonds. The molecule has 98 valence electrons. The van der Waals surface area contributed by atoms with Crippen molar-refractivity contribution < 1.29 is 0 Å². The van der Waals surface area contributed by atoms with Gasteiger partial charge >= 0.3 is 0 Å². The van der Waals surface area contributed by atoms with Gasteiger partial charge in [-0.05, 0) is 67.8 Å². The molecule has 0 aliphatic rings. The minimum Gasteiger partial charge on any atom is -0.136 e. The molecule has 0 nitrogen and oxygen atoms in total. The SMILES string of the molecule is CCCCCCc1cc(-c2ccsc2Br)sc1Br. The number of hydrogen-bond donors (Lipinski definition) is 0. The maximum absolute atomic E-state index is 3.70. The Hall–Kier alpha value is 0.360. The number of unbranched alkanes of at least 4 members (excludes halogenated alkanes) is 3. The van der Waals surface area contributed by atoms with E-state index in [0.717, 1.165) is 0 Å². The van der Waals surface area contributed by atoms with Crippen LogP contribution in [0.4, 0.5) is 0 Å². The normalized spacial score (nSPS) is 11.1. The number of aryl methyl sites for hydroxylation is 1. The molecule has 0 saturated carbocycles. The van der Waals surface area contributed by atoms with E-state index < -0.39 is 0 Å². The summed E-state index contributed by atoms with van der Waals surface area (Å²) >= 11 is 10.9. The van der Waals surface area contributed by atoms with Crippen molar-refractivity contribution in [1.82, 2.24) is 0 Å². The van der Waals surface area contributed by atoms with Crippen molar-refractivity contribution in [2.24, 2.45) is 0 Å². The lowest BCUT2D eigenvalue weighted by Crippen LogP contribution is -1.83. The number of thiophene rings is 2. The Morgan fingerprint density at radius 2 is 1.94 bits per heavy atom. The summed E-state index contributed by atoms with van der Waals surface area (Å²) in [4.78, 5) is 1.36. The lowest BCUT2D eigenvalue weighted by molar-refractivity contribution is 0.667. The van der Waals surface area contributed by atoms with Crippen molar-refractivity contribution in [2.75, 3.05) is 0 Å². The lowest BCUT2D eigenvalue weighted by Gasteiger charge is -1.98. The number of rotatable bonds is 6. The Kier molecular flexibility index (Phi) is 5.93. The average Bonchev–Trinajstić information content (AvgIpc) is 2.91. The molecule has 0 bridgehead atoms. The average molecular weight is 408 g/mol. The van der Waals surface area contributed by atoms with Gasteiger partial charge in [-0.15, -0.1) is 22.7 Å². The van der Waals surface area contributed by atoms with Crippen LogP contribution in [0.3, 0.4) is 0 Å². The fourth-order valence-corrected chi connectivity index (χ4v) is 5.22. The first-order chi connectivity index (χ1) is 8.72. The summed E-state index contributed by atoms with van der Waals surface area (Å²) in [5, 5.41) is 2.13. The van der Waals surface area contributed by atoms with E-state index in [9.17, 15) is 0 Å². The summed E-state index contributed by atoms with van der Waals surface area (Å²) in [5.74, 6) is 0. The Labute approximate surface area is 134 Å². The van der Waals surface area contributed by atoms with Gasteiger partial charge in [0.15, 0.2) is 0 Å². The number of halogens is 2. The summed E-state index contributed by atoms with van der Waals surface area (Å²) in [5.41, 5.74) is 2.79. The van der Waals surface area contributed by atoms with Crippen LogP contribution in [0, 0.1) is 0 Å². The monoisotopic (exact) mass is 406 g/mol. The van der Waals surface area contributed by atoms with Crippen molar-refractivity contribution >= 4 is 54.5 Å². The van der Waals surface area contributed by atoms with Gasteiger partial charge in [0.05, 0.1) is 7.57 Å². The molecule has 2 aromatic heterocycles. The first-order valence-electron chi connectivity index (χ1n) is 6.24. The summed E-state index contributed by atoms with van der Waals surface area (Å²) in [6.07, 6.45) is 6.49. The first kappa shape index (κ1) is 14.8. The van der Waals surface area contributed by atoms with E-state index >= 15 is 0 Å². The van der Waals surface area contributed by atoms with Crippen molar-refractivity contribution in [2.45, 2.75) is 39.0 Å². The van der Waals surface area contributed by atoms with Gasteiger partial charge in [-0.2, -0.15) is 0 Å². The molecule has 0 aliphatic heterocycles. The molecule has 0 atom stereocenters. The van der Waals surface area contributed by atoms with Crippen LogP contribution in [0.5, 0.6) is 0 Å². The van der Waals surface area contributed by atoms with E-state index in [0.29, 0.717) is 0 Å². The maximum Gasteiger partial charge on any atom is 0.0784 e. The third kappa shape index (κ3) is 3.69. The minimum atomic E-state index is 1.19. The maximum atomic E-state index is 3.70. The predicted molar refractivity (Wildman–Crippen MR) is 90.9 cm³/mol. The van der Waals surface area contributed by atoms with Gasteiger partial charge in [-0.3, -0.25) is 0 Å². The van der Waals surface area contributed by atoms with E-state index in [2.05, 4.69) is 56.3 Å². The Balaban J connectivity index is 2.05. The van der Waals surface area contributed by atoms with Gasteiger partial charge in [-0.25, -0.2) is 0 Å². The summed E-state index contributed by atoms with van der Waals surface area (Å²) < 4.78 is 2.53. The van der Waals surface area contributed by atoms with Crippen molar-refractivity contribution in [3.8, 4) is 10.4 Å². The second-order valence-corrected chi connectivity index (χ2v) is 8.93. The van der Waals surface area contributed by atoms with Crippen LogP contribution in [-0.2, 0) is 6.42 Å². The molecule has 0 radical (unpaired) electrons. The fourth-order valence-electron chi connectivity index (χ4n) is 1.92. The third-order valence-electron chi connectivity index (χ3n) is 2.94. The number of hydrogen-bond acceptors (Lipinski definition) is 2. The third-order valence-corrected chi connectivity index (χ3v) is 6.62. The molecule has 4 heteroatoms. The Bertz CT molecular complexity index is 500. The van der Waals surface area contributed by atoms with Crippen LogP contribution in [0.2, 0.25) is 0 Å². The summed E-state index contributed by atoms with van der Waals surface area (Å²) in [6, 6.07) is 4.53. The highest BCUT2D eigenvalue weighted by Crippen LogP contribution is 2.40. The van der Waals surface area contributed by atoms with Crippen molar-refractivity contribution in [3.63, 3.8) is 0 Å². The van der Waals surface area contributed by atoms with Gasteiger partial charge in [-0.1, -0.05) is 26.2 Å².